The van der Waals surface area contributed by atoms with E-state index in [-0.39, 0.29) is 31.4 Å². The van der Waals surface area contributed by atoms with Crippen LogP contribution in [0.5, 0.6) is 5.75 Å². The number of hydrazone groups is 1. The Kier molecular flexibility index (Phi) is 11.2. The average molecular weight is 718 g/mol. The molecular weight excluding hydrogens is 681 g/mol. The largest absolute Gasteiger partial charge is 0.447 e. The molecule has 0 radical (unpaired) electrons. The highest BCUT2D eigenvalue weighted by Gasteiger charge is 2.40. The van der Waals surface area contributed by atoms with Gasteiger partial charge in [0.2, 0.25) is 12.0 Å². The van der Waals surface area contributed by atoms with E-state index in [9.17, 15) is 23.6 Å². The van der Waals surface area contributed by atoms with Gasteiger partial charge in [0.15, 0.2) is 0 Å². The number of amides is 2. The van der Waals surface area contributed by atoms with Gasteiger partial charge in [-0.25, -0.2) is 14.1 Å². The van der Waals surface area contributed by atoms with Gasteiger partial charge in [0.1, 0.15) is 23.9 Å². The quantitative estimate of drug-likeness (QED) is 0.153. The summed E-state index contributed by atoms with van der Waals surface area (Å²) >= 11 is 6.22. The smallest absolute Gasteiger partial charge is 0.310 e. The molecule has 2 atom stereocenters. The Morgan fingerprint density at radius 3 is 2.49 bits per heavy atom. The van der Waals surface area contributed by atoms with E-state index in [1.165, 1.54) is 29.4 Å². The van der Waals surface area contributed by atoms with Gasteiger partial charge in [-0.2, -0.15) is 5.10 Å². The second-order valence-corrected chi connectivity index (χ2v) is 13.2. The minimum Gasteiger partial charge on any atom is -0.447 e. The molecule has 266 valence electrons. The van der Waals surface area contributed by atoms with Crippen LogP contribution in [-0.2, 0) is 35.9 Å². The monoisotopic (exact) mass is 717 g/mol. The molecule has 5 rings (SSSR count). The van der Waals surface area contributed by atoms with Crippen LogP contribution in [0.3, 0.4) is 0 Å². The van der Waals surface area contributed by atoms with Crippen LogP contribution < -0.4 is 10.1 Å². The SMILES string of the molecule is CCC(=O)Oc1cc(C)cc(C)c1C(C)(C)CC(=O)OC(C(=O)N1N=CCC1C(=O)NCc1cc(Cl)ccc1-n1cnnn1)c1ccc(F)cc1. The van der Waals surface area contributed by atoms with Gasteiger partial charge < -0.3 is 14.8 Å². The number of aryl methyl sites for hydroxylation is 2. The average Bonchev–Trinajstić information content (AvgIpc) is 3.79. The Balaban J connectivity index is 1.36. The fourth-order valence-electron chi connectivity index (χ4n) is 6.05. The molecule has 0 bridgehead atoms. The Hall–Kier alpha value is -5.50. The molecule has 3 aromatic carbocycles. The molecule has 2 amide bonds. The number of nitrogens with one attached hydrogen (secondary N) is 1. The summed E-state index contributed by atoms with van der Waals surface area (Å²) in [7, 11) is 0. The van der Waals surface area contributed by atoms with Crippen LogP contribution in [0.2, 0.25) is 5.02 Å². The van der Waals surface area contributed by atoms with Crippen LogP contribution >= 0.6 is 11.6 Å². The van der Waals surface area contributed by atoms with E-state index < -0.39 is 47.1 Å². The second kappa shape index (κ2) is 15.6. The van der Waals surface area contributed by atoms with Gasteiger partial charge in [-0.3, -0.25) is 19.2 Å². The summed E-state index contributed by atoms with van der Waals surface area (Å²) in [6, 6.07) is 12.6. The Bertz CT molecular complexity index is 1970. The van der Waals surface area contributed by atoms with Gasteiger partial charge >= 0.3 is 11.9 Å². The molecule has 15 heteroatoms. The maximum absolute atomic E-state index is 14.1. The molecular formula is C36H37ClFN7O6. The summed E-state index contributed by atoms with van der Waals surface area (Å²) in [4.78, 5) is 53.6. The first kappa shape index (κ1) is 36.8. The van der Waals surface area contributed by atoms with Crippen LogP contribution in [0.25, 0.3) is 5.69 Å². The molecule has 0 saturated heterocycles. The first-order valence-electron chi connectivity index (χ1n) is 16.2. The van der Waals surface area contributed by atoms with Gasteiger partial charge in [0.25, 0.3) is 5.91 Å². The lowest BCUT2D eigenvalue weighted by atomic mass is 9.78. The third-order valence-corrected chi connectivity index (χ3v) is 8.55. The molecule has 51 heavy (non-hydrogen) atoms. The van der Waals surface area contributed by atoms with Crippen molar-refractivity contribution < 1.29 is 33.0 Å². The van der Waals surface area contributed by atoms with Crippen LogP contribution in [0, 0.1) is 19.7 Å². The number of ether oxygens (including phenoxy) is 2. The van der Waals surface area contributed by atoms with Crippen molar-refractivity contribution in [1.82, 2.24) is 30.5 Å². The van der Waals surface area contributed by atoms with Crippen molar-refractivity contribution in [2.75, 3.05) is 0 Å². The molecule has 0 spiro atoms. The Morgan fingerprint density at radius 2 is 1.80 bits per heavy atom. The van der Waals surface area contributed by atoms with Gasteiger partial charge in [-0.05, 0) is 77.4 Å². The van der Waals surface area contributed by atoms with Crippen molar-refractivity contribution in [2.45, 2.75) is 78.0 Å². The van der Waals surface area contributed by atoms with E-state index in [0.717, 1.165) is 28.3 Å². The standard InChI is InChI=1S/C36H37ClFN7O6/c1-6-30(46)50-29-16-21(2)15-22(3)32(29)36(4,5)18-31(47)51-33(23-7-10-26(38)11-8-23)35(49)45-28(13-14-41-45)34(48)39-19-24-17-25(37)9-12-27(24)44-20-40-42-43-44/h7-12,14-17,20,28,33H,6,13,18-19H2,1-5H3,(H,39,48). The number of carbonyl (C=O) groups is 4. The molecule has 4 aromatic rings. The molecule has 2 unspecified atom stereocenters. The summed E-state index contributed by atoms with van der Waals surface area (Å²) < 4.78 is 26.9. The summed E-state index contributed by atoms with van der Waals surface area (Å²) in [6.45, 7) is 9.05. The summed E-state index contributed by atoms with van der Waals surface area (Å²) in [5, 5.41) is 19.6. The van der Waals surface area contributed by atoms with Gasteiger partial charge in [-0.15, -0.1) is 5.10 Å². The molecule has 13 nitrogen and oxygen atoms in total. The van der Waals surface area contributed by atoms with Crippen molar-refractivity contribution >= 4 is 41.6 Å². The second-order valence-electron chi connectivity index (χ2n) is 12.7. The van der Waals surface area contributed by atoms with E-state index in [1.54, 1.807) is 45.0 Å². The fourth-order valence-corrected chi connectivity index (χ4v) is 6.24. The van der Waals surface area contributed by atoms with Crippen molar-refractivity contribution in [3.63, 3.8) is 0 Å². The van der Waals surface area contributed by atoms with Crippen molar-refractivity contribution in [1.29, 1.82) is 0 Å². The zero-order valence-corrected chi connectivity index (χ0v) is 29.5. The van der Waals surface area contributed by atoms with Crippen LogP contribution in [0.4, 0.5) is 4.39 Å². The van der Waals surface area contributed by atoms with Gasteiger partial charge in [0, 0.05) is 47.2 Å². The normalized spacial score (nSPS) is 14.6. The zero-order valence-electron chi connectivity index (χ0n) is 28.7. The van der Waals surface area contributed by atoms with Crippen molar-refractivity contribution in [3.05, 3.63) is 99.6 Å². The lowest BCUT2D eigenvalue weighted by Gasteiger charge is -2.30. The highest BCUT2D eigenvalue weighted by Crippen LogP contribution is 2.39. The van der Waals surface area contributed by atoms with Crippen LogP contribution in [0.1, 0.15) is 74.0 Å². The van der Waals surface area contributed by atoms with E-state index >= 15 is 0 Å². The predicted molar refractivity (Wildman–Crippen MR) is 184 cm³/mol. The Labute approximate surface area is 298 Å². The number of carbonyl (C=O) groups excluding carboxylic acids is 4. The topological polar surface area (TPSA) is 158 Å². The third kappa shape index (κ3) is 8.63. The molecule has 1 N–H and O–H groups in total. The first-order valence-corrected chi connectivity index (χ1v) is 16.6. The number of halogens is 2. The van der Waals surface area contributed by atoms with E-state index in [4.69, 9.17) is 21.1 Å². The number of rotatable bonds is 12. The lowest BCUT2D eigenvalue weighted by molar-refractivity contribution is -0.163. The predicted octanol–water partition coefficient (Wildman–Crippen LogP) is 5.24. The lowest BCUT2D eigenvalue weighted by Crippen LogP contribution is -2.46. The van der Waals surface area contributed by atoms with Gasteiger partial charge in [0.05, 0.1) is 12.1 Å². The number of nitrogens with zero attached hydrogens (tertiary/aromatic N) is 6. The van der Waals surface area contributed by atoms with Crippen molar-refractivity contribution in [3.8, 4) is 11.4 Å². The minimum absolute atomic E-state index is 0.0204. The van der Waals surface area contributed by atoms with E-state index in [0.29, 0.717) is 27.6 Å². The fraction of sp³-hybridized carbons (Fsp3) is 0.333. The Morgan fingerprint density at radius 1 is 1.06 bits per heavy atom. The minimum atomic E-state index is -1.56. The zero-order chi connectivity index (χ0) is 36.9. The molecule has 2 heterocycles. The molecule has 0 aliphatic carbocycles. The summed E-state index contributed by atoms with van der Waals surface area (Å²) in [6.07, 6.45) is 1.30. The highest BCUT2D eigenvalue weighted by molar-refractivity contribution is 6.30. The molecule has 1 aliphatic rings. The van der Waals surface area contributed by atoms with Crippen LogP contribution in [0.15, 0.2) is 66.0 Å². The number of hydrogen-bond donors (Lipinski definition) is 1. The van der Waals surface area contributed by atoms with Gasteiger partial charge in [-0.1, -0.05) is 50.6 Å². The third-order valence-electron chi connectivity index (χ3n) is 8.31. The number of esters is 2. The number of benzene rings is 3. The highest BCUT2D eigenvalue weighted by atomic mass is 35.5. The maximum atomic E-state index is 14.1. The van der Waals surface area contributed by atoms with E-state index in [2.05, 4.69) is 25.9 Å². The van der Waals surface area contributed by atoms with Crippen molar-refractivity contribution in [2.24, 2.45) is 5.10 Å². The van der Waals surface area contributed by atoms with Crippen LogP contribution in [-0.4, -0.2) is 61.2 Å². The molecule has 0 saturated carbocycles. The van der Waals surface area contributed by atoms with E-state index in [1.807, 2.05) is 19.9 Å². The first-order chi connectivity index (χ1) is 24.3. The summed E-state index contributed by atoms with van der Waals surface area (Å²) in [5.41, 5.74) is 2.79. The number of tetrazole rings is 1. The molecule has 1 aromatic heterocycles. The number of aromatic nitrogens is 4. The molecule has 1 aliphatic heterocycles. The maximum Gasteiger partial charge on any atom is 0.310 e. The number of hydrogen-bond acceptors (Lipinski definition) is 10. The molecule has 0 fully saturated rings. The summed E-state index contributed by atoms with van der Waals surface area (Å²) in [5.74, 6) is -2.73.